The van der Waals surface area contributed by atoms with Crippen LogP contribution in [0, 0.1) is 11.8 Å². The van der Waals surface area contributed by atoms with E-state index in [1.165, 1.54) is 25.9 Å². The average molecular weight is 212 g/mol. The summed E-state index contributed by atoms with van der Waals surface area (Å²) >= 11 is 0. The van der Waals surface area contributed by atoms with E-state index >= 15 is 0 Å². The summed E-state index contributed by atoms with van der Waals surface area (Å²) in [5.74, 6) is 1.61. The maximum absolute atomic E-state index is 3.43. The van der Waals surface area contributed by atoms with Crippen LogP contribution in [0.2, 0.25) is 0 Å². The minimum Gasteiger partial charge on any atom is -0.317 e. The average Bonchev–Trinajstić information content (AvgIpc) is 2.16. The Hall–Kier alpha value is -0.0800. The van der Waals surface area contributed by atoms with Gasteiger partial charge in [0, 0.05) is 18.6 Å². The molecule has 90 valence electrons. The Labute approximate surface area is 95.4 Å². The van der Waals surface area contributed by atoms with Crippen LogP contribution < -0.4 is 5.32 Å². The molecule has 1 aliphatic rings. The lowest BCUT2D eigenvalue weighted by Gasteiger charge is -2.40. The van der Waals surface area contributed by atoms with Gasteiger partial charge in [-0.2, -0.15) is 0 Å². The monoisotopic (exact) mass is 212 g/mol. The molecule has 1 fully saturated rings. The zero-order chi connectivity index (χ0) is 11.4. The first-order valence-electron chi connectivity index (χ1n) is 6.46. The molecular weight excluding hydrogens is 184 g/mol. The van der Waals surface area contributed by atoms with Gasteiger partial charge in [0.1, 0.15) is 0 Å². The third-order valence-corrected chi connectivity index (χ3v) is 3.74. The highest BCUT2D eigenvalue weighted by Crippen LogP contribution is 2.21. The molecule has 1 heterocycles. The molecule has 2 heteroatoms. The molecule has 1 N–H and O–H groups in total. The Morgan fingerprint density at radius 2 is 2.00 bits per heavy atom. The molecule has 1 aliphatic heterocycles. The molecule has 2 nitrogen and oxygen atoms in total. The van der Waals surface area contributed by atoms with Gasteiger partial charge < -0.3 is 10.2 Å². The SMILES string of the molecule is CNC1CCN(C(C)CC(C)C)CC1C. The summed E-state index contributed by atoms with van der Waals surface area (Å²) in [6.45, 7) is 11.9. The number of nitrogens with zero attached hydrogens (tertiary/aromatic N) is 1. The first kappa shape index (κ1) is 13.0. The zero-order valence-corrected chi connectivity index (χ0v) is 11.1. The van der Waals surface area contributed by atoms with E-state index in [0.29, 0.717) is 0 Å². The Bertz CT molecular complexity index is 179. The minimum absolute atomic E-state index is 0.729. The van der Waals surface area contributed by atoms with Crippen LogP contribution in [0.3, 0.4) is 0 Å². The maximum atomic E-state index is 3.43. The van der Waals surface area contributed by atoms with Crippen LogP contribution in [0.25, 0.3) is 0 Å². The van der Waals surface area contributed by atoms with Gasteiger partial charge in [0.25, 0.3) is 0 Å². The summed E-state index contributed by atoms with van der Waals surface area (Å²) in [5.41, 5.74) is 0. The van der Waals surface area contributed by atoms with E-state index in [4.69, 9.17) is 0 Å². The van der Waals surface area contributed by atoms with Crippen molar-refractivity contribution in [1.29, 1.82) is 0 Å². The van der Waals surface area contributed by atoms with Crippen LogP contribution >= 0.6 is 0 Å². The molecule has 0 aromatic carbocycles. The van der Waals surface area contributed by atoms with E-state index in [9.17, 15) is 0 Å². The van der Waals surface area contributed by atoms with E-state index in [1.807, 2.05) is 0 Å². The second-order valence-corrected chi connectivity index (χ2v) is 5.63. The molecule has 0 radical (unpaired) electrons. The molecule has 3 atom stereocenters. The van der Waals surface area contributed by atoms with E-state index in [0.717, 1.165) is 23.9 Å². The first-order chi connectivity index (χ1) is 7.04. The summed E-state index contributed by atoms with van der Waals surface area (Å²) in [4.78, 5) is 2.67. The van der Waals surface area contributed by atoms with Crippen LogP contribution in [-0.4, -0.2) is 37.1 Å². The topological polar surface area (TPSA) is 15.3 Å². The number of nitrogens with one attached hydrogen (secondary N) is 1. The van der Waals surface area contributed by atoms with Crippen LogP contribution in [-0.2, 0) is 0 Å². The standard InChI is InChI=1S/C13H28N2/c1-10(2)8-12(4)15-7-6-13(14-5)11(3)9-15/h10-14H,6-9H2,1-5H3. The van der Waals surface area contributed by atoms with Crippen molar-refractivity contribution in [2.45, 2.75) is 52.6 Å². The lowest BCUT2D eigenvalue weighted by atomic mass is 9.92. The summed E-state index contributed by atoms with van der Waals surface area (Å²) < 4.78 is 0. The smallest absolute Gasteiger partial charge is 0.0114 e. The second kappa shape index (κ2) is 5.86. The zero-order valence-electron chi connectivity index (χ0n) is 11.1. The van der Waals surface area contributed by atoms with Crippen molar-refractivity contribution in [3.63, 3.8) is 0 Å². The number of likely N-dealkylation sites (tertiary alicyclic amines) is 1. The summed E-state index contributed by atoms with van der Waals surface area (Å²) in [5, 5.41) is 3.43. The lowest BCUT2D eigenvalue weighted by Crippen LogP contribution is -2.50. The molecule has 0 amide bonds. The lowest BCUT2D eigenvalue weighted by molar-refractivity contribution is 0.103. The van der Waals surface area contributed by atoms with Gasteiger partial charge in [-0.25, -0.2) is 0 Å². The minimum atomic E-state index is 0.729. The van der Waals surface area contributed by atoms with Crippen molar-refractivity contribution in [3.8, 4) is 0 Å². The predicted octanol–water partition coefficient (Wildman–Crippen LogP) is 2.35. The maximum Gasteiger partial charge on any atom is 0.0114 e. The highest BCUT2D eigenvalue weighted by molar-refractivity contribution is 4.84. The molecule has 0 spiro atoms. The van der Waals surface area contributed by atoms with Gasteiger partial charge in [0.2, 0.25) is 0 Å². The van der Waals surface area contributed by atoms with Crippen molar-refractivity contribution in [2.75, 3.05) is 20.1 Å². The van der Waals surface area contributed by atoms with Gasteiger partial charge in [-0.15, -0.1) is 0 Å². The van der Waals surface area contributed by atoms with Gasteiger partial charge in [-0.1, -0.05) is 20.8 Å². The van der Waals surface area contributed by atoms with Gasteiger partial charge in [-0.05, 0) is 45.2 Å². The number of rotatable bonds is 4. The van der Waals surface area contributed by atoms with Crippen molar-refractivity contribution in [2.24, 2.45) is 11.8 Å². The highest BCUT2D eigenvalue weighted by Gasteiger charge is 2.27. The normalized spacial score (nSPS) is 30.8. The molecule has 0 bridgehead atoms. The second-order valence-electron chi connectivity index (χ2n) is 5.63. The summed E-state index contributed by atoms with van der Waals surface area (Å²) in [7, 11) is 2.09. The van der Waals surface area contributed by atoms with E-state index < -0.39 is 0 Å². The van der Waals surface area contributed by atoms with Crippen LogP contribution in [0.15, 0.2) is 0 Å². The Kier molecular flexibility index (Phi) is 5.07. The molecular formula is C13H28N2. The number of hydrogen-bond donors (Lipinski definition) is 1. The number of hydrogen-bond acceptors (Lipinski definition) is 2. The third kappa shape index (κ3) is 3.76. The predicted molar refractivity (Wildman–Crippen MR) is 67.1 cm³/mol. The van der Waals surface area contributed by atoms with Crippen molar-refractivity contribution >= 4 is 0 Å². The molecule has 3 unspecified atom stereocenters. The van der Waals surface area contributed by atoms with E-state index in [2.05, 4.69) is 45.0 Å². The quantitative estimate of drug-likeness (QED) is 0.769. The van der Waals surface area contributed by atoms with E-state index in [1.54, 1.807) is 0 Å². The molecule has 0 aromatic heterocycles. The Balaban J connectivity index is 2.39. The van der Waals surface area contributed by atoms with Gasteiger partial charge >= 0.3 is 0 Å². The highest BCUT2D eigenvalue weighted by atomic mass is 15.2. The van der Waals surface area contributed by atoms with Crippen LogP contribution in [0.1, 0.15) is 40.5 Å². The van der Waals surface area contributed by atoms with Gasteiger partial charge in [-0.3, -0.25) is 0 Å². The largest absolute Gasteiger partial charge is 0.317 e. The molecule has 0 aromatic rings. The molecule has 1 saturated heterocycles. The molecule has 0 aliphatic carbocycles. The fourth-order valence-corrected chi connectivity index (χ4v) is 2.84. The summed E-state index contributed by atoms with van der Waals surface area (Å²) in [6, 6.07) is 1.48. The van der Waals surface area contributed by atoms with Gasteiger partial charge in [0.15, 0.2) is 0 Å². The van der Waals surface area contributed by atoms with Crippen LogP contribution in [0.4, 0.5) is 0 Å². The van der Waals surface area contributed by atoms with Crippen molar-refractivity contribution < 1.29 is 0 Å². The van der Waals surface area contributed by atoms with Crippen molar-refractivity contribution in [1.82, 2.24) is 10.2 Å². The van der Waals surface area contributed by atoms with Crippen molar-refractivity contribution in [3.05, 3.63) is 0 Å². The summed E-state index contributed by atoms with van der Waals surface area (Å²) in [6.07, 6.45) is 2.64. The fourth-order valence-electron chi connectivity index (χ4n) is 2.84. The molecule has 1 rings (SSSR count). The Morgan fingerprint density at radius 3 is 2.47 bits per heavy atom. The molecule has 0 saturated carbocycles. The third-order valence-electron chi connectivity index (χ3n) is 3.74. The van der Waals surface area contributed by atoms with Gasteiger partial charge in [0.05, 0.1) is 0 Å². The first-order valence-corrected chi connectivity index (χ1v) is 6.46. The van der Waals surface area contributed by atoms with E-state index in [-0.39, 0.29) is 0 Å². The number of piperidine rings is 1. The Morgan fingerprint density at radius 1 is 1.33 bits per heavy atom. The fraction of sp³-hybridized carbons (Fsp3) is 1.00. The van der Waals surface area contributed by atoms with Crippen LogP contribution in [0.5, 0.6) is 0 Å². The molecule has 15 heavy (non-hydrogen) atoms.